The third-order valence-corrected chi connectivity index (χ3v) is 0.841. The molecule has 0 unspecified atom stereocenters. The normalized spacial score (nSPS) is 13.9. The minimum Gasteiger partial charge on any atom is -0.443 e. The van der Waals surface area contributed by atoms with Gasteiger partial charge in [-0.2, -0.15) is 13.2 Å². The Kier molecular flexibility index (Phi) is 7.23. The van der Waals surface area contributed by atoms with Gasteiger partial charge in [-0.05, 0) is 0 Å². The molecule has 0 aliphatic heterocycles. The first-order valence-corrected chi connectivity index (χ1v) is 2.75. The van der Waals surface area contributed by atoms with Gasteiger partial charge < -0.3 is 12.9 Å². The molecule has 0 saturated heterocycles. The van der Waals surface area contributed by atoms with Crippen LogP contribution in [0.5, 0.6) is 0 Å². The molecule has 0 fully saturated rings. The average Bonchev–Trinajstić information content (AvgIpc) is 1.78. The van der Waals surface area contributed by atoms with Crippen molar-refractivity contribution in [3.8, 4) is 0 Å². The van der Waals surface area contributed by atoms with Crippen molar-refractivity contribution >= 4 is 6.98 Å². The van der Waals surface area contributed by atoms with Gasteiger partial charge in [0.1, 0.15) is 0 Å². The second-order valence-electron chi connectivity index (χ2n) is 1.98. The number of rotatable bonds is 2. The van der Waals surface area contributed by atoms with Gasteiger partial charge in [-0.3, -0.25) is 0 Å². The molecule has 0 atom stereocenters. The van der Waals surface area contributed by atoms with E-state index in [1.807, 2.05) is 0 Å². The van der Waals surface area contributed by atoms with E-state index in [4.69, 9.17) is 0 Å². The van der Waals surface area contributed by atoms with E-state index in [2.05, 4.69) is 0 Å². The van der Waals surface area contributed by atoms with Crippen LogP contribution in [-0.4, -0.2) is 13.2 Å². The predicted molar refractivity (Wildman–Crippen MR) is 28.9 cm³/mol. The van der Waals surface area contributed by atoms with Crippen LogP contribution in [-0.2, 0) is 0 Å². The van der Waals surface area contributed by atoms with E-state index in [9.17, 15) is 30.5 Å². The van der Waals surface area contributed by atoms with Gasteiger partial charge >= 0.3 is 64.5 Å². The maximum absolute atomic E-state index is 11.7. The molecule has 0 rings (SSSR count). The molecule has 0 heterocycles. The second kappa shape index (κ2) is 5.74. The summed E-state index contributed by atoms with van der Waals surface area (Å²) in [5.74, 6) is 0. The van der Waals surface area contributed by atoms with Crippen LogP contribution in [0.2, 0.25) is 0 Å². The van der Waals surface area contributed by atoms with Crippen LogP contribution in [0, 0.1) is 0 Å². The van der Waals surface area contributed by atoms with E-state index in [0.717, 1.165) is 0 Å². The summed E-state index contributed by atoms with van der Waals surface area (Å²) in [6, 6.07) is 0. The van der Waals surface area contributed by atoms with Gasteiger partial charge in [-0.1, -0.05) is 6.08 Å². The summed E-state index contributed by atoms with van der Waals surface area (Å²) in [4.78, 5) is 0. The molecule has 0 aromatic rings. The van der Waals surface area contributed by atoms with E-state index in [0.29, 0.717) is 0 Å². The fourth-order valence-corrected chi connectivity index (χ4v) is 0.347. The molecule has 9 heteroatoms. The Bertz CT molecular complexity index is 180. The van der Waals surface area contributed by atoms with Crippen molar-refractivity contribution in [1.82, 2.24) is 0 Å². The zero-order valence-electron chi connectivity index (χ0n) is 6.51. The summed E-state index contributed by atoms with van der Waals surface area (Å²) in [7, 11) is 0. The third-order valence-electron chi connectivity index (χ3n) is 0.841. The molecule has 0 spiro atoms. The van der Waals surface area contributed by atoms with Crippen LogP contribution < -0.4 is 51.4 Å². The number of allylic oxidation sites excluding steroid dienone is 1. The Morgan fingerprint density at radius 3 is 1.77 bits per heavy atom. The zero-order chi connectivity index (χ0) is 9.99. The van der Waals surface area contributed by atoms with Crippen molar-refractivity contribution in [3.05, 3.63) is 11.8 Å². The third kappa shape index (κ3) is 9.26. The summed E-state index contributed by atoms with van der Waals surface area (Å²) in [5, 5.41) is 0. The minimum atomic E-state index is -5.93. The first kappa shape index (κ1) is 16.4. The molecule has 0 saturated carbocycles. The van der Waals surface area contributed by atoms with Crippen LogP contribution in [0.4, 0.5) is 30.5 Å². The molecule has 0 nitrogen and oxygen atoms in total. The quantitative estimate of drug-likeness (QED) is 0.472. The molecule has 0 aromatic carbocycles. The van der Waals surface area contributed by atoms with Crippen LogP contribution >= 0.6 is 0 Å². The Morgan fingerprint density at radius 2 is 1.54 bits per heavy atom. The number of alkyl halides is 3. The number of hydrogen-bond donors (Lipinski definition) is 0. The van der Waals surface area contributed by atoms with Gasteiger partial charge in [0.2, 0.25) is 0 Å². The molecule has 0 radical (unpaired) electrons. The number of hydrogen-bond acceptors (Lipinski definition) is 0. The van der Waals surface area contributed by atoms with E-state index in [1.165, 1.54) is 0 Å². The van der Waals surface area contributed by atoms with Gasteiger partial charge in [0.15, 0.2) is 0 Å². The van der Waals surface area contributed by atoms with Crippen molar-refractivity contribution in [3.63, 3.8) is 0 Å². The van der Waals surface area contributed by atoms with Gasteiger partial charge in [0, 0.05) is 5.73 Å². The van der Waals surface area contributed by atoms with Crippen molar-refractivity contribution in [1.29, 1.82) is 0 Å². The largest absolute Gasteiger partial charge is 1.00 e. The van der Waals surface area contributed by atoms with E-state index in [-0.39, 0.29) is 51.4 Å². The molecular formula is C4H3BF7K. The van der Waals surface area contributed by atoms with Crippen LogP contribution in [0.15, 0.2) is 11.8 Å². The Labute approximate surface area is 112 Å². The monoisotopic (exact) mass is 234 g/mol. The Balaban J connectivity index is 0. The predicted octanol–water partition coefficient (Wildman–Crippen LogP) is 0.183. The number of halogens is 7. The van der Waals surface area contributed by atoms with E-state index in [1.54, 1.807) is 0 Å². The molecule has 0 bridgehead atoms. The summed E-state index contributed by atoms with van der Waals surface area (Å²) in [6.07, 6.45) is -7.22. The topological polar surface area (TPSA) is 0 Å². The first-order valence-electron chi connectivity index (χ1n) is 2.75. The molecule has 0 amide bonds. The SMILES string of the molecule is F/C(=C\CC(F)(F)F)[B-](F)(F)F.[K+]. The Hall–Kier alpha value is 0.951. The van der Waals surface area contributed by atoms with Crippen LogP contribution in [0.25, 0.3) is 0 Å². The molecule has 72 valence electrons. The molecule has 0 aromatic heterocycles. The van der Waals surface area contributed by atoms with Gasteiger partial charge in [0.25, 0.3) is 0 Å². The summed E-state index contributed by atoms with van der Waals surface area (Å²) >= 11 is 0. The average molecular weight is 234 g/mol. The van der Waals surface area contributed by atoms with Crippen LogP contribution in [0.3, 0.4) is 0 Å². The zero-order valence-corrected chi connectivity index (χ0v) is 9.63. The van der Waals surface area contributed by atoms with Crippen LogP contribution in [0.1, 0.15) is 6.42 Å². The molecule has 0 aliphatic rings. The van der Waals surface area contributed by atoms with E-state index < -0.39 is 31.4 Å². The van der Waals surface area contributed by atoms with Gasteiger partial charge in [-0.15, -0.1) is 0 Å². The summed E-state index contributed by atoms with van der Waals surface area (Å²) < 4.78 is 79.2. The van der Waals surface area contributed by atoms with E-state index >= 15 is 0 Å². The second-order valence-corrected chi connectivity index (χ2v) is 1.98. The Morgan fingerprint density at radius 1 is 1.15 bits per heavy atom. The van der Waals surface area contributed by atoms with Gasteiger partial charge in [-0.25, -0.2) is 4.39 Å². The molecule has 0 N–H and O–H groups in total. The fraction of sp³-hybridized carbons (Fsp3) is 0.500. The van der Waals surface area contributed by atoms with Crippen molar-refractivity contribution in [2.45, 2.75) is 12.6 Å². The van der Waals surface area contributed by atoms with Crippen molar-refractivity contribution in [2.24, 2.45) is 0 Å². The van der Waals surface area contributed by atoms with Crippen molar-refractivity contribution < 1.29 is 81.9 Å². The molecular weight excluding hydrogens is 231 g/mol. The summed E-state index contributed by atoms with van der Waals surface area (Å²) in [6.45, 7) is -5.93. The smallest absolute Gasteiger partial charge is 0.443 e. The maximum Gasteiger partial charge on any atom is 1.00 e. The minimum absolute atomic E-state index is 0. The first-order chi connectivity index (χ1) is 5.13. The standard InChI is InChI=1S/C4H3BF7.K/c6-3(5(10,11)12)1-2-4(7,8)9;/h1H,2H2;/q-1;+1/b3-1-;. The van der Waals surface area contributed by atoms with Crippen molar-refractivity contribution in [2.75, 3.05) is 0 Å². The summed E-state index contributed by atoms with van der Waals surface area (Å²) in [5.41, 5.74) is -2.66. The maximum atomic E-state index is 11.7. The van der Waals surface area contributed by atoms with Gasteiger partial charge in [0.05, 0.1) is 6.42 Å². The molecule has 13 heavy (non-hydrogen) atoms. The molecule has 0 aliphatic carbocycles. The fourth-order valence-electron chi connectivity index (χ4n) is 0.347.